The number of Topliss-reactive ketones (excluding diaryl/α,β-unsaturated/α-hetero) is 1. The molecule has 0 atom stereocenters. The Labute approximate surface area is 90.7 Å². The summed E-state index contributed by atoms with van der Waals surface area (Å²) in [6.07, 6.45) is -0.153. The summed E-state index contributed by atoms with van der Waals surface area (Å²) in [7, 11) is 0. The van der Waals surface area contributed by atoms with Crippen LogP contribution in [-0.2, 0) is 4.79 Å². The highest BCUT2D eigenvalue weighted by molar-refractivity contribution is 5.96. The first-order chi connectivity index (χ1) is 7.50. The summed E-state index contributed by atoms with van der Waals surface area (Å²) in [5.74, 6) is -3.09. The molecule has 0 heterocycles. The summed E-state index contributed by atoms with van der Waals surface area (Å²) >= 11 is 0. The number of halogens is 2. The minimum absolute atomic E-state index is 0.104. The summed E-state index contributed by atoms with van der Waals surface area (Å²) in [6, 6.07) is 2.61. The highest BCUT2D eigenvalue weighted by Gasteiger charge is 2.12. The molecule has 0 saturated heterocycles. The van der Waals surface area contributed by atoms with Crippen molar-refractivity contribution in [1.29, 1.82) is 0 Å². The molecule has 0 bridgehead atoms. The van der Waals surface area contributed by atoms with E-state index in [4.69, 9.17) is 5.11 Å². The fourth-order valence-electron chi connectivity index (χ4n) is 1.25. The van der Waals surface area contributed by atoms with E-state index in [2.05, 4.69) is 0 Å². The number of aliphatic carboxylic acids is 1. The number of carbonyl (C=O) groups excluding carboxylic acids is 1. The molecule has 0 unspecified atom stereocenters. The van der Waals surface area contributed by atoms with Crippen LogP contribution >= 0.6 is 0 Å². The van der Waals surface area contributed by atoms with Gasteiger partial charge in [0.1, 0.15) is 11.6 Å². The van der Waals surface area contributed by atoms with Crippen LogP contribution in [0.1, 0.15) is 29.6 Å². The number of rotatable bonds is 5. The molecule has 0 saturated carbocycles. The summed E-state index contributed by atoms with van der Waals surface area (Å²) < 4.78 is 25.8. The number of hydrogen-bond donors (Lipinski definition) is 1. The topological polar surface area (TPSA) is 54.4 Å². The smallest absolute Gasteiger partial charge is 0.303 e. The van der Waals surface area contributed by atoms with E-state index in [1.54, 1.807) is 0 Å². The van der Waals surface area contributed by atoms with Gasteiger partial charge in [-0.3, -0.25) is 9.59 Å². The van der Waals surface area contributed by atoms with Crippen LogP contribution in [0.15, 0.2) is 18.2 Å². The Morgan fingerprint density at radius 2 is 1.88 bits per heavy atom. The maximum Gasteiger partial charge on any atom is 0.303 e. The minimum atomic E-state index is -1.02. The molecule has 0 aliphatic rings. The zero-order valence-corrected chi connectivity index (χ0v) is 8.37. The molecule has 1 rings (SSSR count). The molecule has 3 nitrogen and oxygen atoms in total. The predicted octanol–water partition coefficient (Wildman–Crippen LogP) is 2.40. The third-order valence-corrected chi connectivity index (χ3v) is 2.02. The molecule has 0 aliphatic heterocycles. The molecule has 5 heteroatoms. The second-order valence-corrected chi connectivity index (χ2v) is 3.29. The van der Waals surface area contributed by atoms with Crippen molar-refractivity contribution >= 4 is 11.8 Å². The van der Waals surface area contributed by atoms with Gasteiger partial charge in [0.05, 0.1) is 5.56 Å². The molecular formula is C11H10F2O3. The molecule has 0 aliphatic carbocycles. The molecule has 0 fully saturated rings. The highest BCUT2D eigenvalue weighted by atomic mass is 19.1. The molecule has 0 aromatic heterocycles. The average molecular weight is 228 g/mol. The third-order valence-electron chi connectivity index (χ3n) is 2.02. The van der Waals surface area contributed by atoms with Gasteiger partial charge in [0, 0.05) is 12.8 Å². The SMILES string of the molecule is O=C(O)CCCC(=O)c1cc(F)ccc1F. The van der Waals surface area contributed by atoms with E-state index in [0.29, 0.717) is 0 Å². The Balaban J connectivity index is 2.65. The van der Waals surface area contributed by atoms with Crippen molar-refractivity contribution in [3.63, 3.8) is 0 Å². The maximum absolute atomic E-state index is 13.1. The molecule has 1 aromatic carbocycles. The Hall–Kier alpha value is -1.78. The van der Waals surface area contributed by atoms with Crippen molar-refractivity contribution in [2.24, 2.45) is 0 Å². The predicted molar refractivity (Wildman–Crippen MR) is 52.2 cm³/mol. The average Bonchev–Trinajstić information content (AvgIpc) is 2.21. The molecule has 86 valence electrons. The van der Waals surface area contributed by atoms with Gasteiger partial charge in [-0.2, -0.15) is 0 Å². The Morgan fingerprint density at radius 1 is 1.19 bits per heavy atom. The molecule has 0 amide bonds. The standard InChI is InChI=1S/C11H10F2O3/c12-7-4-5-9(13)8(6-7)10(14)2-1-3-11(15)16/h4-6H,1-3H2,(H,15,16). The number of hydrogen-bond acceptors (Lipinski definition) is 2. The van der Waals surface area contributed by atoms with Crippen molar-refractivity contribution in [2.75, 3.05) is 0 Å². The molecule has 1 aromatic rings. The van der Waals surface area contributed by atoms with Gasteiger partial charge in [-0.05, 0) is 24.6 Å². The fourth-order valence-corrected chi connectivity index (χ4v) is 1.25. The third kappa shape index (κ3) is 3.42. The summed E-state index contributed by atoms with van der Waals surface area (Å²) in [6.45, 7) is 0. The Bertz CT molecular complexity index is 416. The van der Waals surface area contributed by atoms with Gasteiger partial charge in [0.25, 0.3) is 0 Å². The largest absolute Gasteiger partial charge is 0.481 e. The first-order valence-corrected chi connectivity index (χ1v) is 4.70. The highest BCUT2D eigenvalue weighted by Crippen LogP contribution is 2.13. The minimum Gasteiger partial charge on any atom is -0.481 e. The molecule has 0 spiro atoms. The second kappa shape index (κ2) is 5.34. The second-order valence-electron chi connectivity index (χ2n) is 3.29. The van der Waals surface area contributed by atoms with Crippen LogP contribution in [0.4, 0.5) is 8.78 Å². The van der Waals surface area contributed by atoms with E-state index >= 15 is 0 Å². The quantitative estimate of drug-likeness (QED) is 0.787. The van der Waals surface area contributed by atoms with Crippen LogP contribution in [0.2, 0.25) is 0 Å². The first kappa shape index (κ1) is 12.3. The lowest BCUT2D eigenvalue weighted by atomic mass is 10.0. The van der Waals surface area contributed by atoms with Gasteiger partial charge >= 0.3 is 5.97 Å². The van der Waals surface area contributed by atoms with Gasteiger partial charge in [0.15, 0.2) is 5.78 Å². The number of benzene rings is 1. The normalized spacial score (nSPS) is 10.1. The van der Waals surface area contributed by atoms with Crippen LogP contribution in [-0.4, -0.2) is 16.9 Å². The Kier molecular flexibility index (Phi) is 4.10. The number of carboxylic acid groups (broad SMARTS) is 1. The lowest BCUT2D eigenvalue weighted by Gasteiger charge is -2.01. The monoisotopic (exact) mass is 228 g/mol. The van der Waals surface area contributed by atoms with Crippen molar-refractivity contribution in [3.05, 3.63) is 35.4 Å². The summed E-state index contributed by atoms with van der Waals surface area (Å²) in [4.78, 5) is 21.6. The van der Waals surface area contributed by atoms with Gasteiger partial charge in [-0.15, -0.1) is 0 Å². The summed E-state index contributed by atoms with van der Waals surface area (Å²) in [5.41, 5.74) is -0.328. The van der Waals surface area contributed by atoms with E-state index in [-0.39, 0.29) is 24.8 Å². The summed E-state index contributed by atoms with van der Waals surface area (Å²) in [5, 5.41) is 8.35. The first-order valence-electron chi connectivity index (χ1n) is 4.70. The van der Waals surface area contributed by atoms with Crippen LogP contribution in [0.5, 0.6) is 0 Å². The maximum atomic E-state index is 13.1. The van der Waals surface area contributed by atoms with E-state index in [9.17, 15) is 18.4 Å². The lowest BCUT2D eigenvalue weighted by molar-refractivity contribution is -0.137. The van der Waals surface area contributed by atoms with Crippen LogP contribution in [0.25, 0.3) is 0 Å². The van der Waals surface area contributed by atoms with E-state index in [1.165, 1.54) is 0 Å². The number of carbonyl (C=O) groups is 2. The van der Waals surface area contributed by atoms with Crippen molar-refractivity contribution in [2.45, 2.75) is 19.3 Å². The van der Waals surface area contributed by atoms with E-state index in [0.717, 1.165) is 18.2 Å². The van der Waals surface area contributed by atoms with E-state index in [1.807, 2.05) is 0 Å². The Morgan fingerprint density at radius 3 is 2.50 bits per heavy atom. The van der Waals surface area contributed by atoms with Gasteiger partial charge in [-0.25, -0.2) is 8.78 Å². The fraction of sp³-hybridized carbons (Fsp3) is 0.273. The zero-order chi connectivity index (χ0) is 12.1. The zero-order valence-electron chi connectivity index (χ0n) is 8.37. The van der Waals surface area contributed by atoms with Gasteiger partial charge in [0.2, 0.25) is 0 Å². The number of ketones is 1. The van der Waals surface area contributed by atoms with E-state index < -0.39 is 23.4 Å². The lowest BCUT2D eigenvalue weighted by Crippen LogP contribution is -2.04. The van der Waals surface area contributed by atoms with Gasteiger partial charge < -0.3 is 5.11 Å². The molecule has 1 N–H and O–H groups in total. The van der Waals surface area contributed by atoms with Crippen molar-refractivity contribution < 1.29 is 23.5 Å². The van der Waals surface area contributed by atoms with Crippen molar-refractivity contribution in [3.8, 4) is 0 Å². The van der Waals surface area contributed by atoms with Crippen LogP contribution < -0.4 is 0 Å². The van der Waals surface area contributed by atoms with Gasteiger partial charge in [-0.1, -0.05) is 0 Å². The van der Waals surface area contributed by atoms with Crippen LogP contribution in [0.3, 0.4) is 0 Å². The molecular weight excluding hydrogens is 218 g/mol. The van der Waals surface area contributed by atoms with Crippen molar-refractivity contribution in [1.82, 2.24) is 0 Å². The van der Waals surface area contributed by atoms with Crippen LogP contribution in [0, 0.1) is 11.6 Å². The molecule has 0 radical (unpaired) electrons. The molecule has 16 heavy (non-hydrogen) atoms. The number of carboxylic acids is 1.